The Hall–Kier alpha value is -5.57. The average molecular weight is 647 g/mol. The van der Waals surface area contributed by atoms with Gasteiger partial charge in [-0.05, 0) is 58.0 Å². The summed E-state index contributed by atoms with van der Waals surface area (Å²) in [5.74, 6) is -0.593. The van der Waals surface area contributed by atoms with Crippen molar-refractivity contribution < 1.29 is 22.8 Å². The van der Waals surface area contributed by atoms with Crippen LogP contribution in [0.4, 0.5) is 13.2 Å². The number of rotatable bonds is 9. The normalized spacial score (nSPS) is 13.6. The second-order valence-corrected chi connectivity index (χ2v) is 11.7. The zero-order valence-electron chi connectivity index (χ0n) is 26.1. The van der Waals surface area contributed by atoms with Crippen LogP contribution in [0.3, 0.4) is 0 Å². The molecule has 0 N–H and O–H groups in total. The maximum atomic E-state index is 14.5. The number of hydrogen-bond acceptors (Lipinski definition) is 4. The minimum atomic E-state index is -4.46. The van der Waals surface area contributed by atoms with E-state index in [-0.39, 0.29) is 18.9 Å². The lowest BCUT2D eigenvalue weighted by atomic mass is 9.97. The van der Waals surface area contributed by atoms with E-state index in [0.29, 0.717) is 25.1 Å². The quantitative estimate of drug-likeness (QED) is 0.157. The second-order valence-electron chi connectivity index (χ2n) is 11.7. The fourth-order valence-corrected chi connectivity index (χ4v) is 5.90. The van der Waals surface area contributed by atoms with E-state index in [2.05, 4.69) is 16.0 Å². The second kappa shape index (κ2) is 14.5. The Bertz CT molecular complexity index is 1880. The van der Waals surface area contributed by atoms with Gasteiger partial charge in [-0.3, -0.25) is 9.59 Å². The molecular weight excluding hydrogens is 613 g/mol. The fraction of sp³-hybridized carbons (Fsp3) is 0.179. The van der Waals surface area contributed by atoms with Gasteiger partial charge in [0.15, 0.2) is 0 Å². The molecule has 4 aromatic carbocycles. The number of aromatic nitrogens is 2. The summed E-state index contributed by atoms with van der Waals surface area (Å²) in [5, 5.41) is 0. The van der Waals surface area contributed by atoms with E-state index >= 15 is 0 Å². The van der Waals surface area contributed by atoms with Crippen molar-refractivity contribution in [1.82, 2.24) is 19.8 Å². The standard InChI is InChI=1S/C39H33F3N4O2/c40-39(41,42)35-17-12-28(13-18-35)14-19-37(47)46(25-30-10-15-32(16-11-30)34-23-43-27-44-24-34)36(22-29-6-2-1-3-7-29)38(48)45-21-20-31-8-4-5-9-33(31)26-45/h1-19,23-24,27,36H,20-22,25-26H2. The van der Waals surface area contributed by atoms with Crippen molar-refractivity contribution in [1.29, 1.82) is 0 Å². The molecule has 0 fully saturated rings. The average Bonchev–Trinajstić information content (AvgIpc) is 3.12. The van der Waals surface area contributed by atoms with Crippen LogP contribution in [-0.2, 0) is 41.7 Å². The van der Waals surface area contributed by atoms with Crippen molar-refractivity contribution in [3.63, 3.8) is 0 Å². The van der Waals surface area contributed by atoms with Crippen LogP contribution in [0.5, 0.6) is 0 Å². The van der Waals surface area contributed by atoms with Crippen molar-refractivity contribution in [3.8, 4) is 11.1 Å². The topological polar surface area (TPSA) is 66.4 Å². The molecule has 2 amide bonds. The third kappa shape index (κ3) is 7.86. The van der Waals surface area contributed by atoms with E-state index in [1.807, 2.05) is 77.7 Å². The highest BCUT2D eigenvalue weighted by atomic mass is 19.4. The summed E-state index contributed by atoms with van der Waals surface area (Å²) < 4.78 is 39.4. The number of nitrogens with zero attached hydrogens (tertiary/aromatic N) is 4. The highest BCUT2D eigenvalue weighted by Gasteiger charge is 2.34. The molecule has 1 atom stereocenters. The van der Waals surface area contributed by atoms with Crippen LogP contribution in [0.15, 0.2) is 128 Å². The molecule has 0 aliphatic carbocycles. The number of halogens is 3. The number of fused-ring (bicyclic) bond motifs is 1. The van der Waals surface area contributed by atoms with Gasteiger partial charge in [-0.25, -0.2) is 9.97 Å². The van der Waals surface area contributed by atoms with Gasteiger partial charge < -0.3 is 9.80 Å². The molecule has 0 saturated heterocycles. The highest BCUT2D eigenvalue weighted by molar-refractivity contribution is 5.96. The summed E-state index contributed by atoms with van der Waals surface area (Å²) in [4.78, 5) is 40.2. The molecule has 1 aliphatic heterocycles. The van der Waals surface area contributed by atoms with Gasteiger partial charge in [-0.2, -0.15) is 13.2 Å². The first kappa shape index (κ1) is 32.4. The smallest absolute Gasteiger partial charge is 0.336 e. The van der Waals surface area contributed by atoms with Crippen LogP contribution in [0.2, 0.25) is 0 Å². The van der Waals surface area contributed by atoms with Gasteiger partial charge in [-0.1, -0.05) is 91.0 Å². The zero-order valence-corrected chi connectivity index (χ0v) is 26.1. The van der Waals surface area contributed by atoms with Crippen molar-refractivity contribution in [2.24, 2.45) is 0 Å². The molecule has 5 aromatic rings. The molecule has 0 spiro atoms. The number of alkyl halides is 3. The van der Waals surface area contributed by atoms with Gasteiger partial charge in [0.1, 0.15) is 12.4 Å². The highest BCUT2D eigenvalue weighted by Crippen LogP contribution is 2.29. The van der Waals surface area contributed by atoms with Gasteiger partial charge >= 0.3 is 6.18 Å². The summed E-state index contributed by atoms with van der Waals surface area (Å²) >= 11 is 0. The number of amides is 2. The van der Waals surface area contributed by atoms with Gasteiger partial charge in [-0.15, -0.1) is 0 Å². The Labute approximate surface area is 277 Å². The molecule has 9 heteroatoms. The van der Waals surface area contributed by atoms with Gasteiger partial charge in [0.2, 0.25) is 11.8 Å². The molecule has 1 unspecified atom stereocenters. The summed E-state index contributed by atoms with van der Waals surface area (Å²) in [6, 6.07) is 29.0. The maximum absolute atomic E-state index is 14.5. The van der Waals surface area contributed by atoms with Crippen LogP contribution in [0, 0.1) is 0 Å². The van der Waals surface area contributed by atoms with E-state index in [9.17, 15) is 22.8 Å². The number of benzene rings is 4. The third-order valence-electron chi connectivity index (χ3n) is 8.52. The third-order valence-corrected chi connectivity index (χ3v) is 8.52. The fourth-order valence-electron chi connectivity index (χ4n) is 5.90. The SMILES string of the molecule is O=C(C(Cc1ccccc1)N(Cc1ccc(-c2cncnc2)cc1)C(=O)C=Cc1ccc(C(F)(F)F)cc1)N1CCc2ccccc2C1. The van der Waals surface area contributed by atoms with Crippen molar-refractivity contribution in [3.05, 3.63) is 161 Å². The van der Waals surface area contributed by atoms with E-state index in [4.69, 9.17) is 0 Å². The maximum Gasteiger partial charge on any atom is 0.416 e. The molecule has 0 saturated carbocycles. The number of hydrogen-bond donors (Lipinski definition) is 0. The first-order valence-electron chi connectivity index (χ1n) is 15.6. The summed E-state index contributed by atoms with van der Waals surface area (Å²) in [6.45, 7) is 1.10. The van der Waals surface area contributed by atoms with Crippen LogP contribution >= 0.6 is 0 Å². The van der Waals surface area contributed by atoms with Crippen LogP contribution in [0.25, 0.3) is 17.2 Å². The monoisotopic (exact) mass is 646 g/mol. The largest absolute Gasteiger partial charge is 0.416 e. The van der Waals surface area contributed by atoms with Crippen LogP contribution in [0.1, 0.15) is 33.4 Å². The predicted molar refractivity (Wildman–Crippen MR) is 178 cm³/mol. The Morgan fingerprint density at radius 3 is 2.15 bits per heavy atom. The van der Waals surface area contributed by atoms with Crippen LogP contribution in [-0.4, -0.2) is 44.2 Å². The summed E-state index contributed by atoms with van der Waals surface area (Å²) in [7, 11) is 0. The van der Waals surface area contributed by atoms with E-state index in [0.717, 1.165) is 39.9 Å². The molecule has 6 nitrogen and oxygen atoms in total. The lowest BCUT2D eigenvalue weighted by Gasteiger charge is -2.37. The summed E-state index contributed by atoms with van der Waals surface area (Å²) in [6.07, 6.45) is 4.25. The summed E-state index contributed by atoms with van der Waals surface area (Å²) in [5.41, 5.74) is 5.41. The molecule has 0 radical (unpaired) electrons. The molecule has 2 heterocycles. The Balaban J connectivity index is 1.34. The molecule has 242 valence electrons. The van der Waals surface area contributed by atoms with Gasteiger partial charge in [0, 0.05) is 50.1 Å². The van der Waals surface area contributed by atoms with Crippen molar-refractivity contribution >= 4 is 17.9 Å². The van der Waals surface area contributed by atoms with E-state index in [1.54, 1.807) is 17.3 Å². The Kier molecular flexibility index (Phi) is 9.75. The lowest BCUT2D eigenvalue weighted by molar-refractivity contribution is -0.144. The van der Waals surface area contributed by atoms with Crippen molar-refractivity contribution in [2.75, 3.05) is 6.54 Å². The van der Waals surface area contributed by atoms with E-state index < -0.39 is 23.7 Å². The minimum absolute atomic E-state index is 0.134. The molecule has 6 rings (SSSR count). The first-order chi connectivity index (χ1) is 23.2. The van der Waals surface area contributed by atoms with Gasteiger partial charge in [0.25, 0.3) is 0 Å². The number of carbonyl (C=O) groups is 2. The molecule has 0 bridgehead atoms. The zero-order chi connectivity index (χ0) is 33.5. The Morgan fingerprint density at radius 2 is 1.46 bits per heavy atom. The lowest BCUT2D eigenvalue weighted by Crippen LogP contribution is -2.52. The number of carbonyl (C=O) groups excluding carboxylic acids is 2. The molecule has 1 aromatic heterocycles. The molecule has 1 aliphatic rings. The van der Waals surface area contributed by atoms with Gasteiger partial charge in [0.05, 0.1) is 5.56 Å². The minimum Gasteiger partial charge on any atom is -0.336 e. The first-order valence-corrected chi connectivity index (χ1v) is 15.6. The van der Waals surface area contributed by atoms with Crippen molar-refractivity contribution in [2.45, 2.75) is 38.1 Å². The predicted octanol–water partition coefficient (Wildman–Crippen LogP) is 7.40. The van der Waals surface area contributed by atoms with E-state index in [1.165, 1.54) is 36.2 Å². The molecule has 48 heavy (non-hydrogen) atoms. The Morgan fingerprint density at radius 1 is 0.792 bits per heavy atom. The van der Waals surface area contributed by atoms with Crippen LogP contribution < -0.4 is 0 Å². The molecular formula is C39H33F3N4O2.